The lowest BCUT2D eigenvalue weighted by Crippen LogP contribution is -2.30. The molecule has 5 heteroatoms. The van der Waals surface area contributed by atoms with E-state index in [1.807, 2.05) is 7.05 Å². The molecular formula is C12H18N4O. The van der Waals surface area contributed by atoms with Crippen molar-refractivity contribution < 1.29 is 4.79 Å². The van der Waals surface area contributed by atoms with Crippen molar-refractivity contribution in [2.45, 2.75) is 19.3 Å². The molecule has 1 aromatic rings. The zero-order valence-corrected chi connectivity index (χ0v) is 10.0. The van der Waals surface area contributed by atoms with Crippen LogP contribution in [-0.4, -0.2) is 24.5 Å². The van der Waals surface area contributed by atoms with Crippen LogP contribution in [0, 0.1) is 5.92 Å². The van der Waals surface area contributed by atoms with Gasteiger partial charge in [-0.15, -0.1) is 0 Å². The van der Waals surface area contributed by atoms with Gasteiger partial charge in [0.25, 0.3) is 5.91 Å². The maximum atomic E-state index is 11.2. The second kappa shape index (κ2) is 4.61. The van der Waals surface area contributed by atoms with Crippen LogP contribution in [0.25, 0.3) is 0 Å². The predicted molar refractivity (Wildman–Crippen MR) is 67.8 cm³/mol. The lowest BCUT2D eigenvalue weighted by molar-refractivity contribution is 0.100. The molecule has 0 radical (unpaired) electrons. The minimum atomic E-state index is -0.511. The van der Waals surface area contributed by atoms with Gasteiger partial charge in [0.15, 0.2) is 0 Å². The number of rotatable bonds is 4. The van der Waals surface area contributed by atoms with Gasteiger partial charge in [0.1, 0.15) is 5.82 Å². The van der Waals surface area contributed by atoms with Gasteiger partial charge >= 0.3 is 0 Å². The van der Waals surface area contributed by atoms with Crippen LogP contribution in [0.1, 0.15) is 29.6 Å². The number of carbonyl (C=O) groups is 1. The van der Waals surface area contributed by atoms with Crippen molar-refractivity contribution in [1.29, 1.82) is 0 Å². The Hall–Kier alpha value is -1.78. The van der Waals surface area contributed by atoms with Crippen molar-refractivity contribution in [3.63, 3.8) is 0 Å². The summed E-state index contributed by atoms with van der Waals surface area (Å²) in [5.74, 6) is 0.986. The standard InChI is InChI=1S/C12H18N4O/c1-16(7-8-3-2-4-8)11-5-9(12(14)17)10(13)6-15-11/h5-6,8H,2-4,7,13H2,1H3,(H2,14,17). The molecule has 1 aliphatic rings. The summed E-state index contributed by atoms with van der Waals surface area (Å²) in [6, 6.07) is 1.66. The molecule has 1 aromatic heterocycles. The number of amides is 1. The molecule has 0 unspecified atom stereocenters. The Balaban J connectivity index is 2.14. The van der Waals surface area contributed by atoms with Gasteiger partial charge < -0.3 is 16.4 Å². The average molecular weight is 234 g/mol. The molecule has 2 rings (SSSR count). The van der Waals surface area contributed by atoms with Crippen molar-refractivity contribution in [2.24, 2.45) is 11.7 Å². The molecule has 0 spiro atoms. The number of anilines is 2. The van der Waals surface area contributed by atoms with E-state index in [1.165, 1.54) is 25.5 Å². The topological polar surface area (TPSA) is 85.2 Å². The molecule has 1 fully saturated rings. The van der Waals surface area contributed by atoms with Crippen molar-refractivity contribution >= 4 is 17.4 Å². The first-order chi connectivity index (χ1) is 8.08. The smallest absolute Gasteiger partial charge is 0.250 e. The largest absolute Gasteiger partial charge is 0.397 e. The van der Waals surface area contributed by atoms with Crippen molar-refractivity contribution in [2.75, 3.05) is 24.2 Å². The Kier molecular flexibility index (Phi) is 3.17. The van der Waals surface area contributed by atoms with Crippen LogP contribution in [0.3, 0.4) is 0 Å². The molecule has 0 atom stereocenters. The number of primary amides is 1. The summed E-state index contributed by atoms with van der Waals surface area (Å²) in [5, 5.41) is 0. The normalized spacial score (nSPS) is 15.4. The Labute approximate surface area is 101 Å². The Morgan fingerprint density at radius 3 is 2.82 bits per heavy atom. The fourth-order valence-electron chi connectivity index (χ4n) is 2.03. The molecule has 5 nitrogen and oxygen atoms in total. The first-order valence-corrected chi connectivity index (χ1v) is 5.84. The van der Waals surface area contributed by atoms with Crippen LogP contribution in [-0.2, 0) is 0 Å². The first kappa shape index (κ1) is 11.7. The Bertz CT molecular complexity index is 429. The van der Waals surface area contributed by atoms with Gasteiger partial charge in [-0.2, -0.15) is 0 Å². The van der Waals surface area contributed by atoms with E-state index in [9.17, 15) is 4.79 Å². The zero-order chi connectivity index (χ0) is 12.4. The molecule has 92 valence electrons. The van der Waals surface area contributed by atoms with Crippen molar-refractivity contribution in [3.05, 3.63) is 17.8 Å². The molecule has 17 heavy (non-hydrogen) atoms. The highest BCUT2D eigenvalue weighted by Crippen LogP contribution is 2.28. The third-order valence-corrected chi connectivity index (χ3v) is 3.33. The first-order valence-electron chi connectivity index (χ1n) is 5.84. The number of nitrogens with two attached hydrogens (primary N) is 2. The highest BCUT2D eigenvalue weighted by Gasteiger charge is 2.20. The van der Waals surface area contributed by atoms with Crippen LogP contribution < -0.4 is 16.4 Å². The maximum absolute atomic E-state index is 11.2. The Morgan fingerprint density at radius 1 is 1.59 bits per heavy atom. The monoisotopic (exact) mass is 234 g/mol. The lowest BCUT2D eigenvalue weighted by atomic mass is 9.85. The number of hydrogen-bond acceptors (Lipinski definition) is 4. The second-order valence-electron chi connectivity index (χ2n) is 4.67. The van der Waals surface area contributed by atoms with Gasteiger partial charge in [0, 0.05) is 13.6 Å². The van der Waals surface area contributed by atoms with Crippen LogP contribution in [0.4, 0.5) is 11.5 Å². The van der Waals surface area contributed by atoms with Gasteiger partial charge in [-0.1, -0.05) is 6.42 Å². The molecule has 1 amide bonds. The van der Waals surface area contributed by atoms with Gasteiger partial charge in [-0.05, 0) is 24.8 Å². The second-order valence-corrected chi connectivity index (χ2v) is 4.67. The summed E-state index contributed by atoms with van der Waals surface area (Å²) in [6.07, 6.45) is 5.37. The third kappa shape index (κ3) is 2.49. The van der Waals surface area contributed by atoms with Crippen LogP contribution in [0.15, 0.2) is 12.3 Å². The third-order valence-electron chi connectivity index (χ3n) is 3.33. The number of aromatic nitrogens is 1. The van der Waals surface area contributed by atoms with E-state index < -0.39 is 5.91 Å². The molecule has 4 N–H and O–H groups in total. The summed E-state index contributed by atoms with van der Waals surface area (Å²) in [4.78, 5) is 17.5. The number of carbonyl (C=O) groups excluding carboxylic acids is 1. The summed E-state index contributed by atoms with van der Waals surface area (Å²) in [5.41, 5.74) is 11.6. The molecule has 0 bridgehead atoms. The summed E-state index contributed by atoms with van der Waals surface area (Å²) in [6.45, 7) is 0.967. The van der Waals surface area contributed by atoms with Crippen LogP contribution in [0.5, 0.6) is 0 Å². The molecule has 1 saturated carbocycles. The van der Waals surface area contributed by atoms with E-state index in [1.54, 1.807) is 6.07 Å². The predicted octanol–water partition coefficient (Wildman–Crippen LogP) is 0.999. The zero-order valence-electron chi connectivity index (χ0n) is 10.0. The molecule has 0 aromatic carbocycles. The van der Waals surface area contributed by atoms with Crippen molar-refractivity contribution in [1.82, 2.24) is 4.98 Å². The van der Waals surface area contributed by atoms with E-state index in [0.29, 0.717) is 11.3 Å². The minimum Gasteiger partial charge on any atom is -0.397 e. The van der Waals surface area contributed by atoms with Crippen LogP contribution in [0.2, 0.25) is 0 Å². The number of pyridine rings is 1. The van der Waals surface area contributed by atoms with Gasteiger partial charge in [-0.25, -0.2) is 4.98 Å². The Morgan fingerprint density at radius 2 is 2.29 bits per heavy atom. The minimum absolute atomic E-state index is 0.332. The molecular weight excluding hydrogens is 216 g/mol. The fraction of sp³-hybridized carbons (Fsp3) is 0.500. The van der Waals surface area contributed by atoms with E-state index >= 15 is 0 Å². The maximum Gasteiger partial charge on any atom is 0.250 e. The highest BCUT2D eigenvalue weighted by molar-refractivity contribution is 5.98. The molecule has 1 heterocycles. The molecule has 0 aliphatic heterocycles. The van der Waals surface area contributed by atoms with Crippen molar-refractivity contribution in [3.8, 4) is 0 Å². The number of nitrogen functional groups attached to an aromatic ring is 1. The average Bonchev–Trinajstić information content (AvgIpc) is 2.23. The van der Waals surface area contributed by atoms with E-state index in [-0.39, 0.29) is 0 Å². The lowest BCUT2D eigenvalue weighted by Gasteiger charge is -2.30. The molecule has 0 saturated heterocycles. The van der Waals surface area contributed by atoms with Gasteiger partial charge in [0.2, 0.25) is 0 Å². The number of hydrogen-bond donors (Lipinski definition) is 2. The summed E-state index contributed by atoms with van der Waals surface area (Å²) < 4.78 is 0. The SMILES string of the molecule is CN(CC1CCC1)c1cc(C(N)=O)c(N)cn1. The van der Waals surface area contributed by atoms with Gasteiger partial charge in [-0.3, -0.25) is 4.79 Å². The quantitative estimate of drug-likeness (QED) is 0.813. The summed E-state index contributed by atoms with van der Waals surface area (Å²) >= 11 is 0. The van der Waals surface area contributed by atoms with Gasteiger partial charge in [0.05, 0.1) is 17.4 Å². The van der Waals surface area contributed by atoms with E-state index in [0.717, 1.165) is 18.3 Å². The van der Waals surface area contributed by atoms with E-state index in [2.05, 4.69) is 9.88 Å². The number of nitrogens with zero attached hydrogens (tertiary/aromatic N) is 2. The highest BCUT2D eigenvalue weighted by atomic mass is 16.1. The van der Waals surface area contributed by atoms with Crippen LogP contribution >= 0.6 is 0 Å². The molecule has 1 aliphatic carbocycles. The fourth-order valence-corrected chi connectivity index (χ4v) is 2.03. The summed E-state index contributed by atoms with van der Waals surface area (Å²) in [7, 11) is 1.97. The van der Waals surface area contributed by atoms with E-state index in [4.69, 9.17) is 11.5 Å².